The van der Waals surface area contributed by atoms with Crippen molar-refractivity contribution in [3.05, 3.63) is 76.0 Å². The third kappa shape index (κ3) is 3.67. The van der Waals surface area contributed by atoms with Crippen LogP contribution in [0.1, 0.15) is 11.1 Å². The lowest BCUT2D eigenvalue weighted by Crippen LogP contribution is -2.13. The summed E-state index contributed by atoms with van der Waals surface area (Å²) in [6.45, 7) is 1.16. The molecular weight excluding hydrogens is 333 g/mol. The highest BCUT2D eigenvalue weighted by Gasteiger charge is 2.08. The number of halogens is 2. The van der Waals surface area contributed by atoms with Gasteiger partial charge in [-0.3, -0.25) is 0 Å². The molecule has 0 amide bonds. The highest BCUT2D eigenvalue weighted by Crippen LogP contribution is 2.26. The van der Waals surface area contributed by atoms with Crippen LogP contribution in [0.25, 0.3) is 5.69 Å². The van der Waals surface area contributed by atoms with Gasteiger partial charge in [-0.05, 0) is 29.8 Å². The first-order chi connectivity index (χ1) is 11.1. The van der Waals surface area contributed by atoms with Crippen LogP contribution in [0.15, 0.2) is 54.9 Å². The smallest absolute Gasteiger partial charge is 0.145 e. The third-order valence-corrected chi connectivity index (χ3v) is 4.22. The van der Waals surface area contributed by atoms with E-state index in [1.807, 2.05) is 36.4 Å². The summed E-state index contributed by atoms with van der Waals surface area (Å²) in [5.41, 5.74) is 2.49. The van der Waals surface area contributed by atoms with E-state index in [1.54, 1.807) is 23.1 Å². The molecule has 1 heterocycles. The second-order valence-corrected chi connectivity index (χ2v) is 5.90. The third-order valence-electron chi connectivity index (χ3n) is 3.48. The van der Waals surface area contributed by atoms with Crippen LogP contribution in [0, 0.1) is 0 Å². The first-order valence-corrected chi connectivity index (χ1v) is 7.86. The molecule has 2 aromatic carbocycles. The normalized spacial score (nSPS) is 10.9. The first-order valence-electron chi connectivity index (χ1n) is 7.10. The topological polar surface area (TPSA) is 50.1 Å². The zero-order valence-electron chi connectivity index (χ0n) is 12.2. The standard InChI is InChI=1S/C17H15Cl2N3O/c18-14-6-5-12(9-15(14)19)10-20-11-13-3-1-4-16(17(13)23)22-8-2-7-21-22/h1-9,20,23H,10-11H2. The summed E-state index contributed by atoms with van der Waals surface area (Å²) in [7, 11) is 0. The summed E-state index contributed by atoms with van der Waals surface area (Å²) < 4.78 is 1.64. The Balaban J connectivity index is 1.69. The second-order valence-electron chi connectivity index (χ2n) is 5.09. The molecule has 0 atom stereocenters. The molecule has 0 aliphatic carbocycles. The Morgan fingerprint density at radius 3 is 2.65 bits per heavy atom. The second kappa shape index (κ2) is 7.04. The molecule has 0 fully saturated rings. The monoisotopic (exact) mass is 347 g/mol. The van der Waals surface area contributed by atoms with Gasteiger partial charge in [-0.25, -0.2) is 4.68 Å². The van der Waals surface area contributed by atoms with Crippen LogP contribution in [0.5, 0.6) is 5.75 Å². The van der Waals surface area contributed by atoms with Crippen molar-refractivity contribution >= 4 is 23.2 Å². The van der Waals surface area contributed by atoms with Crippen molar-refractivity contribution in [2.45, 2.75) is 13.1 Å². The van der Waals surface area contributed by atoms with E-state index < -0.39 is 0 Å². The summed E-state index contributed by atoms with van der Waals surface area (Å²) in [6, 6.07) is 12.9. The van der Waals surface area contributed by atoms with Crippen molar-refractivity contribution in [3.8, 4) is 11.4 Å². The molecule has 0 radical (unpaired) electrons. The van der Waals surface area contributed by atoms with Gasteiger partial charge in [0, 0.05) is 31.0 Å². The largest absolute Gasteiger partial charge is 0.505 e. The maximum absolute atomic E-state index is 10.4. The highest BCUT2D eigenvalue weighted by molar-refractivity contribution is 6.42. The van der Waals surface area contributed by atoms with Gasteiger partial charge in [-0.2, -0.15) is 5.10 Å². The minimum Gasteiger partial charge on any atom is -0.505 e. The van der Waals surface area contributed by atoms with Crippen molar-refractivity contribution in [1.29, 1.82) is 0 Å². The number of hydrogen-bond acceptors (Lipinski definition) is 3. The molecule has 0 aliphatic heterocycles. The number of aromatic nitrogens is 2. The Bertz CT molecular complexity index is 804. The quantitative estimate of drug-likeness (QED) is 0.727. The Morgan fingerprint density at radius 1 is 1.04 bits per heavy atom. The Hall–Kier alpha value is -2.01. The fourth-order valence-electron chi connectivity index (χ4n) is 2.31. The molecule has 118 valence electrons. The molecule has 3 rings (SSSR count). The number of para-hydroxylation sites is 1. The number of rotatable bonds is 5. The lowest BCUT2D eigenvalue weighted by atomic mass is 10.1. The minimum atomic E-state index is 0.220. The zero-order chi connectivity index (χ0) is 16.2. The van der Waals surface area contributed by atoms with Gasteiger partial charge in [0.05, 0.1) is 10.0 Å². The van der Waals surface area contributed by atoms with Crippen molar-refractivity contribution in [3.63, 3.8) is 0 Å². The van der Waals surface area contributed by atoms with E-state index in [0.717, 1.165) is 11.1 Å². The van der Waals surface area contributed by atoms with Crippen LogP contribution in [0.2, 0.25) is 10.0 Å². The minimum absolute atomic E-state index is 0.220. The average molecular weight is 348 g/mol. The SMILES string of the molecule is Oc1c(CNCc2ccc(Cl)c(Cl)c2)cccc1-n1cccn1. The van der Waals surface area contributed by atoms with Crippen LogP contribution in [0.4, 0.5) is 0 Å². The maximum atomic E-state index is 10.4. The number of phenolic OH excluding ortho intramolecular Hbond substituents is 1. The molecule has 0 bridgehead atoms. The maximum Gasteiger partial charge on any atom is 0.145 e. The van der Waals surface area contributed by atoms with E-state index in [2.05, 4.69) is 10.4 Å². The predicted octanol–water partition coefficient (Wildman–Crippen LogP) is 4.17. The summed E-state index contributed by atoms with van der Waals surface area (Å²) in [5, 5.41) is 18.9. The summed E-state index contributed by atoms with van der Waals surface area (Å²) in [6.07, 6.45) is 3.47. The van der Waals surface area contributed by atoms with Crippen LogP contribution < -0.4 is 5.32 Å². The molecule has 0 saturated heterocycles. The fraction of sp³-hybridized carbons (Fsp3) is 0.118. The number of nitrogens with zero attached hydrogens (tertiary/aromatic N) is 2. The van der Waals surface area contributed by atoms with E-state index in [9.17, 15) is 5.11 Å². The molecule has 0 spiro atoms. The van der Waals surface area contributed by atoms with Crippen LogP contribution >= 0.6 is 23.2 Å². The Labute approximate surface area is 144 Å². The molecule has 23 heavy (non-hydrogen) atoms. The first kappa shape index (κ1) is 15.9. The predicted molar refractivity (Wildman–Crippen MR) is 92.2 cm³/mol. The zero-order valence-corrected chi connectivity index (χ0v) is 13.7. The van der Waals surface area contributed by atoms with Gasteiger partial charge in [0.2, 0.25) is 0 Å². The fourth-order valence-corrected chi connectivity index (χ4v) is 2.63. The van der Waals surface area contributed by atoms with Crippen LogP contribution in [-0.4, -0.2) is 14.9 Å². The number of nitrogens with one attached hydrogen (secondary N) is 1. The molecule has 1 aromatic heterocycles. The van der Waals surface area contributed by atoms with Crippen molar-refractivity contribution in [1.82, 2.24) is 15.1 Å². The summed E-state index contributed by atoms with van der Waals surface area (Å²) in [5.74, 6) is 0.220. The number of benzene rings is 2. The van der Waals surface area contributed by atoms with E-state index in [0.29, 0.717) is 28.8 Å². The van der Waals surface area contributed by atoms with Gasteiger partial charge in [0.1, 0.15) is 11.4 Å². The van der Waals surface area contributed by atoms with E-state index in [4.69, 9.17) is 23.2 Å². The van der Waals surface area contributed by atoms with E-state index in [-0.39, 0.29) is 5.75 Å². The number of phenols is 1. The molecule has 0 saturated carbocycles. The summed E-state index contributed by atoms with van der Waals surface area (Å²) in [4.78, 5) is 0. The van der Waals surface area contributed by atoms with Crippen molar-refractivity contribution in [2.75, 3.05) is 0 Å². The van der Waals surface area contributed by atoms with E-state index >= 15 is 0 Å². The molecule has 0 aliphatic rings. The van der Waals surface area contributed by atoms with Gasteiger partial charge in [-0.15, -0.1) is 0 Å². The molecule has 3 aromatic rings. The molecule has 4 nitrogen and oxygen atoms in total. The van der Waals surface area contributed by atoms with Crippen LogP contribution in [0.3, 0.4) is 0 Å². The molecule has 0 unspecified atom stereocenters. The molecule has 6 heteroatoms. The van der Waals surface area contributed by atoms with Gasteiger partial charge in [-0.1, -0.05) is 41.4 Å². The van der Waals surface area contributed by atoms with E-state index in [1.165, 1.54) is 0 Å². The van der Waals surface area contributed by atoms with Crippen LogP contribution in [-0.2, 0) is 13.1 Å². The molecule has 2 N–H and O–H groups in total. The number of aromatic hydroxyl groups is 1. The molecular formula is C17H15Cl2N3O. The van der Waals surface area contributed by atoms with Crippen molar-refractivity contribution < 1.29 is 5.11 Å². The highest BCUT2D eigenvalue weighted by atomic mass is 35.5. The lowest BCUT2D eigenvalue weighted by molar-refractivity contribution is 0.459. The Kier molecular flexibility index (Phi) is 4.86. The summed E-state index contributed by atoms with van der Waals surface area (Å²) >= 11 is 11.9. The van der Waals surface area contributed by atoms with Gasteiger partial charge >= 0.3 is 0 Å². The van der Waals surface area contributed by atoms with Crippen molar-refractivity contribution in [2.24, 2.45) is 0 Å². The Morgan fingerprint density at radius 2 is 1.91 bits per heavy atom. The lowest BCUT2D eigenvalue weighted by Gasteiger charge is -2.11. The number of hydrogen-bond donors (Lipinski definition) is 2. The average Bonchev–Trinajstić information content (AvgIpc) is 3.07. The van der Waals surface area contributed by atoms with Gasteiger partial charge in [0.25, 0.3) is 0 Å². The van der Waals surface area contributed by atoms with Gasteiger partial charge in [0.15, 0.2) is 0 Å². The van der Waals surface area contributed by atoms with Gasteiger partial charge < -0.3 is 10.4 Å².